The Kier molecular flexibility index (Phi) is 4.83. The molecule has 0 spiro atoms. The molecule has 0 aliphatic rings. The molecule has 0 bridgehead atoms. The summed E-state index contributed by atoms with van der Waals surface area (Å²) in [5, 5.41) is 8.06. The third-order valence-corrected chi connectivity index (χ3v) is 5.97. The maximum absolute atomic E-state index is 12.5. The molecule has 0 radical (unpaired) electrons. The number of amides is 1. The van der Waals surface area contributed by atoms with Gasteiger partial charge in [0.2, 0.25) is 0 Å². The van der Waals surface area contributed by atoms with Gasteiger partial charge in [0.05, 0.1) is 22.4 Å². The number of aromatic amines is 2. The highest BCUT2D eigenvalue weighted by Gasteiger charge is 2.19. The molecule has 32 heavy (non-hydrogen) atoms. The SMILES string of the molecule is Cc1nn(-c2ccccc2)c2sc(C(=O)OCC(=O)Nc3ccc4[nH]c(=O)[nH]c4c3)cc12. The summed E-state index contributed by atoms with van der Waals surface area (Å²) in [5.74, 6) is -1.06. The lowest BCUT2D eigenvalue weighted by Gasteiger charge is -2.06. The van der Waals surface area contributed by atoms with Gasteiger partial charge in [-0.25, -0.2) is 14.3 Å². The van der Waals surface area contributed by atoms with Crippen molar-refractivity contribution in [3.05, 3.63) is 75.7 Å². The van der Waals surface area contributed by atoms with Crippen molar-refractivity contribution in [1.82, 2.24) is 19.7 Å². The second-order valence-electron chi connectivity index (χ2n) is 7.13. The van der Waals surface area contributed by atoms with Gasteiger partial charge in [-0.1, -0.05) is 18.2 Å². The van der Waals surface area contributed by atoms with Gasteiger partial charge in [0, 0.05) is 11.1 Å². The van der Waals surface area contributed by atoms with Gasteiger partial charge in [0.15, 0.2) is 6.61 Å². The minimum atomic E-state index is -0.578. The monoisotopic (exact) mass is 447 g/mol. The Labute approximate surface area is 184 Å². The Balaban J connectivity index is 1.28. The normalized spacial score (nSPS) is 11.2. The number of fused-ring (bicyclic) bond motifs is 2. The highest BCUT2D eigenvalue weighted by Crippen LogP contribution is 2.30. The molecular weight excluding hydrogens is 430 g/mol. The Morgan fingerprint density at radius 2 is 1.88 bits per heavy atom. The minimum Gasteiger partial charge on any atom is -0.451 e. The lowest BCUT2D eigenvalue weighted by Crippen LogP contribution is -2.20. The van der Waals surface area contributed by atoms with Gasteiger partial charge >= 0.3 is 11.7 Å². The molecule has 0 aliphatic carbocycles. The van der Waals surface area contributed by atoms with Gasteiger partial charge in [-0.3, -0.25) is 4.79 Å². The fourth-order valence-electron chi connectivity index (χ4n) is 3.40. The number of thiophene rings is 1. The molecular formula is C22H17N5O4S. The first-order valence-corrected chi connectivity index (χ1v) is 10.5. The van der Waals surface area contributed by atoms with E-state index in [0.717, 1.165) is 21.6 Å². The summed E-state index contributed by atoms with van der Waals surface area (Å²) in [7, 11) is 0. The third kappa shape index (κ3) is 3.67. The maximum atomic E-state index is 12.5. The zero-order chi connectivity index (χ0) is 22.2. The number of rotatable bonds is 5. The van der Waals surface area contributed by atoms with Crippen molar-refractivity contribution in [3.8, 4) is 5.69 Å². The van der Waals surface area contributed by atoms with Crippen LogP contribution in [0.2, 0.25) is 0 Å². The molecule has 0 saturated heterocycles. The van der Waals surface area contributed by atoms with E-state index in [0.29, 0.717) is 21.6 Å². The third-order valence-electron chi connectivity index (χ3n) is 4.88. The molecule has 0 atom stereocenters. The van der Waals surface area contributed by atoms with E-state index in [-0.39, 0.29) is 5.69 Å². The molecule has 0 unspecified atom stereocenters. The minimum absolute atomic E-state index is 0.327. The molecule has 5 rings (SSSR count). The summed E-state index contributed by atoms with van der Waals surface area (Å²) in [6.07, 6.45) is 0. The molecule has 2 aromatic carbocycles. The lowest BCUT2D eigenvalue weighted by molar-refractivity contribution is -0.119. The number of carbonyl (C=O) groups is 2. The number of carbonyl (C=O) groups excluding carboxylic acids is 2. The summed E-state index contributed by atoms with van der Waals surface area (Å²) < 4.78 is 7.00. The smallest absolute Gasteiger partial charge is 0.348 e. The number of hydrogen-bond acceptors (Lipinski definition) is 6. The van der Waals surface area contributed by atoms with Crippen LogP contribution in [0, 0.1) is 6.92 Å². The highest BCUT2D eigenvalue weighted by atomic mass is 32.1. The number of nitrogens with zero attached hydrogens (tertiary/aromatic N) is 2. The summed E-state index contributed by atoms with van der Waals surface area (Å²) >= 11 is 1.26. The Morgan fingerprint density at radius 3 is 2.69 bits per heavy atom. The number of aromatic nitrogens is 4. The second-order valence-corrected chi connectivity index (χ2v) is 8.16. The number of ether oxygens (including phenoxy) is 1. The number of anilines is 1. The van der Waals surface area contributed by atoms with Gasteiger partial charge in [0.1, 0.15) is 9.71 Å². The van der Waals surface area contributed by atoms with Crippen molar-refractivity contribution in [2.24, 2.45) is 0 Å². The fraction of sp³-hybridized carbons (Fsp3) is 0.0909. The summed E-state index contributed by atoms with van der Waals surface area (Å²) in [4.78, 5) is 42.6. The number of hydrogen-bond donors (Lipinski definition) is 3. The Morgan fingerprint density at radius 1 is 1.09 bits per heavy atom. The zero-order valence-corrected chi connectivity index (χ0v) is 17.7. The average Bonchev–Trinajstić information content (AvgIpc) is 3.46. The van der Waals surface area contributed by atoms with Crippen molar-refractivity contribution < 1.29 is 14.3 Å². The van der Waals surface area contributed by atoms with Crippen LogP contribution >= 0.6 is 11.3 Å². The topological polar surface area (TPSA) is 122 Å². The van der Waals surface area contributed by atoms with Gasteiger partial charge in [-0.15, -0.1) is 11.3 Å². The molecule has 160 valence electrons. The molecule has 0 saturated carbocycles. The van der Waals surface area contributed by atoms with E-state index in [4.69, 9.17) is 4.74 Å². The van der Waals surface area contributed by atoms with Crippen LogP contribution in [0.1, 0.15) is 15.4 Å². The largest absolute Gasteiger partial charge is 0.451 e. The fourth-order valence-corrected chi connectivity index (χ4v) is 4.48. The number of imidazole rings is 1. The van der Waals surface area contributed by atoms with Gasteiger partial charge < -0.3 is 20.0 Å². The Bertz CT molecular complexity index is 1530. The standard InChI is InChI=1S/C22H17N5O4S/c1-12-15-10-18(32-20(15)27(26-12)14-5-3-2-4-6-14)21(29)31-11-19(28)23-13-7-8-16-17(9-13)25-22(30)24-16/h2-10H,11H2,1H3,(H,23,28)(H2,24,25,30). The predicted octanol–water partition coefficient (Wildman–Crippen LogP) is 3.36. The van der Waals surface area contributed by atoms with E-state index < -0.39 is 18.5 Å². The molecule has 0 aliphatic heterocycles. The van der Waals surface area contributed by atoms with Crippen molar-refractivity contribution in [2.45, 2.75) is 6.92 Å². The number of esters is 1. The van der Waals surface area contributed by atoms with E-state index in [1.54, 1.807) is 28.9 Å². The van der Waals surface area contributed by atoms with Crippen LogP contribution < -0.4 is 11.0 Å². The van der Waals surface area contributed by atoms with Crippen molar-refractivity contribution in [2.75, 3.05) is 11.9 Å². The summed E-state index contributed by atoms with van der Waals surface area (Å²) in [6, 6.07) is 16.3. The molecule has 5 aromatic rings. The summed E-state index contributed by atoms with van der Waals surface area (Å²) in [6.45, 7) is 1.45. The van der Waals surface area contributed by atoms with Crippen molar-refractivity contribution >= 4 is 50.2 Å². The first-order chi connectivity index (χ1) is 15.5. The quantitative estimate of drug-likeness (QED) is 0.357. The molecule has 3 heterocycles. The van der Waals surface area contributed by atoms with Crippen LogP contribution in [0.5, 0.6) is 0 Å². The number of H-pyrrole nitrogens is 2. The predicted molar refractivity (Wildman–Crippen MR) is 122 cm³/mol. The second kappa shape index (κ2) is 7.82. The first kappa shape index (κ1) is 19.8. The van der Waals surface area contributed by atoms with E-state index in [1.807, 2.05) is 37.3 Å². The molecule has 3 aromatic heterocycles. The maximum Gasteiger partial charge on any atom is 0.348 e. The van der Waals surface area contributed by atoms with Crippen molar-refractivity contribution in [3.63, 3.8) is 0 Å². The number of benzene rings is 2. The number of para-hydroxylation sites is 1. The summed E-state index contributed by atoms with van der Waals surface area (Å²) in [5.41, 5.74) is 3.05. The molecule has 9 nitrogen and oxygen atoms in total. The van der Waals surface area contributed by atoms with E-state index in [2.05, 4.69) is 20.4 Å². The van der Waals surface area contributed by atoms with E-state index >= 15 is 0 Å². The first-order valence-electron chi connectivity index (χ1n) is 9.71. The number of aryl methyl sites for hydroxylation is 1. The van der Waals surface area contributed by atoms with Crippen LogP contribution in [-0.4, -0.2) is 38.2 Å². The van der Waals surface area contributed by atoms with Crippen molar-refractivity contribution in [1.29, 1.82) is 0 Å². The highest BCUT2D eigenvalue weighted by molar-refractivity contribution is 7.20. The van der Waals surface area contributed by atoms with Crippen LogP contribution in [0.15, 0.2) is 59.4 Å². The molecule has 10 heteroatoms. The van der Waals surface area contributed by atoms with Gasteiger partial charge in [-0.2, -0.15) is 5.10 Å². The van der Waals surface area contributed by atoms with Gasteiger partial charge in [-0.05, 0) is 43.3 Å². The van der Waals surface area contributed by atoms with Crippen LogP contribution in [0.25, 0.3) is 26.9 Å². The van der Waals surface area contributed by atoms with E-state index in [9.17, 15) is 14.4 Å². The average molecular weight is 447 g/mol. The lowest BCUT2D eigenvalue weighted by atomic mass is 10.3. The van der Waals surface area contributed by atoms with E-state index in [1.165, 1.54) is 11.3 Å². The number of nitrogens with one attached hydrogen (secondary N) is 3. The zero-order valence-electron chi connectivity index (χ0n) is 16.8. The van der Waals surface area contributed by atoms with Crippen LogP contribution in [-0.2, 0) is 9.53 Å². The molecule has 1 amide bonds. The molecule has 3 N–H and O–H groups in total. The van der Waals surface area contributed by atoms with Crippen LogP contribution in [0.3, 0.4) is 0 Å². The molecule has 0 fully saturated rings. The van der Waals surface area contributed by atoms with Crippen LogP contribution in [0.4, 0.5) is 5.69 Å². The Hall–Kier alpha value is -4.18. The van der Waals surface area contributed by atoms with Gasteiger partial charge in [0.25, 0.3) is 5.91 Å².